The number of halogens is 3. The van der Waals surface area contributed by atoms with Crippen LogP contribution in [0.3, 0.4) is 0 Å². The molecule has 0 bridgehead atoms. The zero-order valence-electron chi connectivity index (χ0n) is 10.9. The highest BCUT2D eigenvalue weighted by molar-refractivity contribution is 6.30. The van der Waals surface area contributed by atoms with E-state index in [0.717, 1.165) is 5.56 Å². The quantitative estimate of drug-likeness (QED) is 0.930. The molecule has 5 heteroatoms. The van der Waals surface area contributed by atoms with Gasteiger partial charge in [0.15, 0.2) is 0 Å². The summed E-state index contributed by atoms with van der Waals surface area (Å²) >= 11 is 5.72. The second-order valence-electron chi connectivity index (χ2n) is 4.41. The first-order valence-electron chi connectivity index (χ1n) is 6.05. The topological polar surface area (TPSA) is 35.2 Å². The molecule has 0 aliphatic carbocycles. The van der Waals surface area contributed by atoms with E-state index < -0.39 is 17.7 Å². The highest BCUT2D eigenvalue weighted by atomic mass is 35.5. The van der Waals surface area contributed by atoms with Gasteiger partial charge in [-0.3, -0.25) is 0 Å². The predicted octanol–water partition coefficient (Wildman–Crippen LogP) is 3.87. The number of rotatable bonds is 4. The van der Waals surface area contributed by atoms with Crippen molar-refractivity contribution in [2.45, 2.75) is 12.5 Å². The third kappa shape index (κ3) is 3.08. The summed E-state index contributed by atoms with van der Waals surface area (Å²) in [6, 6.07) is 8.26. The van der Waals surface area contributed by atoms with Crippen LogP contribution in [-0.2, 0) is 6.42 Å². The molecule has 0 radical (unpaired) electrons. The minimum atomic E-state index is -0.604. The van der Waals surface area contributed by atoms with Crippen LogP contribution in [0, 0.1) is 11.6 Å². The fourth-order valence-electron chi connectivity index (χ4n) is 2.08. The zero-order chi connectivity index (χ0) is 14.7. The molecular weight excluding hydrogens is 284 g/mol. The molecular formula is C15H14ClF2NO. The number of hydrogen-bond donors (Lipinski definition) is 1. The lowest BCUT2D eigenvalue weighted by molar-refractivity contribution is 0.399. The molecule has 2 rings (SSSR count). The van der Waals surface area contributed by atoms with E-state index in [2.05, 4.69) is 0 Å². The molecule has 2 aromatic carbocycles. The Balaban J connectivity index is 2.28. The van der Waals surface area contributed by atoms with Gasteiger partial charge in [-0.25, -0.2) is 8.78 Å². The Morgan fingerprint density at radius 2 is 1.95 bits per heavy atom. The minimum Gasteiger partial charge on any atom is -0.496 e. The summed E-state index contributed by atoms with van der Waals surface area (Å²) in [5.41, 5.74) is 7.07. The molecule has 0 amide bonds. The summed E-state index contributed by atoms with van der Waals surface area (Å²) in [5, 5.41) is 0.0233. The molecule has 2 nitrogen and oxygen atoms in total. The molecule has 0 saturated carbocycles. The largest absolute Gasteiger partial charge is 0.496 e. The van der Waals surface area contributed by atoms with Gasteiger partial charge in [0.05, 0.1) is 12.1 Å². The van der Waals surface area contributed by atoms with E-state index in [-0.39, 0.29) is 5.02 Å². The number of nitrogens with two attached hydrogens (primary N) is 1. The number of benzene rings is 2. The van der Waals surface area contributed by atoms with E-state index in [1.54, 1.807) is 18.2 Å². The van der Waals surface area contributed by atoms with Crippen LogP contribution in [0.5, 0.6) is 5.75 Å². The molecule has 0 fully saturated rings. The van der Waals surface area contributed by atoms with Crippen molar-refractivity contribution in [2.24, 2.45) is 5.73 Å². The number of ether oxygens (including phenoxy) is 1. The maximum atomic E-state index is 13.9. The predicted molar refractivity (Wildman–Crippen MR) is 75.0 cm³/mol. The maximum Gasteiger partial charge on any atom is 0.141 e. The van der Waals surface area contributed by atoms with Gasteiger partial charge in [-0.15, -0.1) is 0 Å². The van der Waals surface area contributed by atoms with Crippen molar-refractivity contribution in [1.82, 2.24) is 0 Å². The minimum absolute atomic E-state index is 0.0233. The van der Waals surface area contributed by atoms with Crippen molar-refractivity contribution in [3.63, 3.8) is 0 Å². The molecule has 0 saturated heterocycles. The summed E-state index contributed by atoms with van der Waals surface area (Å²) in [4.78, 5) is 0. The van der Waals surface area contributed by atoms with E-state index in [1.807, 2.05) is 0 Å². The van der Waals surface area contributed by atoms with Crippen molar-refractivity contribution in [3.8, 4) is 5.75 Å². The maximum absolute atomic E-state index is 13.9. The van der Waals surface area contributed by atoms with Crippen molar-refractivity contribution < 1.29 is 13.5 Å². The molecule has 106 valence electrons. The standard InChI is InChI=1S/C15H14ClF2NO/c1-20-14-4-2-3-12(18)15(14)13(19)8-9-5-6-11(17)10(16)7-9/h2-7,13H,8,19H2,1H3. The molecule has 2 N–H and O–H groups in total. The van der Waals surface area contributed by atoms with Gasteiger partial charge >= 0.3 is 0 Å². The van der Waals surface area contributed by atoms with Gasteiger partial charge in [0.2, 0.25) is 0 Å². The second-order valence-corrected chi connectivity index (χ2v) is 4.82. The SMILES string of the molecule is COc1cccc(F)c1C(N)Cc1ccc(F)c(Cl)c1. The summed E-state index contributed by atoms with van der Waals surface area (Å²) in [6.07, 6.45) is 0.331. The first-order chi connectivity index (χ1) is 9.52. The molecule has 0 aromatic heterocycles. The van der Waals surface area contributed by atoms with Crippen LogP contribution in [0.1, 0.15) is 17.2 Å². The van der Waals surface area contributed by atoms with Crippen LogP contribution in [0.4, 0.5) is 8.78 Å². The molecule has 20 heavy (non-hydrogen) atoms. The fraction of sp³-hybridized carbons (Fsp3) is 0.200. The van der Waals surface area contributed by atoms with E-state index in [4.69, 9.17) is 22.1 Å². The molecule has 2 aromatic rings. The van der Waals surface area contributed by atoms with E-state index in [0.29, 0.717) is 17.7 Å². The third-order valence-electron chi connectivity index (χ3n) is 3.04. The average molecular weight is 298 g/mol. The molecule has 1 unspecified atom stereocenters. The van der Waals surface area contributed by atoms with Gasteiger partial charge in [0, 0.05) is 11.6 Å². The smallest absolute Gasteiger partial charge is 0.141 e. The van der Waals surface area contributed by atoms with Crippen molar-refractivity contribution >= 4 is 11.6 Å². The summed E-state index contributed by atoms with van der Waals surface area (Å²) in [6.45, 7) is 0. The zero-order valence-corrected chi connectivity index (χ0v) is 11.6. The van der Waals surface area contributed by atoms with Crippen LogP contribution in [0.25, 0.3) is 0 Å². The normalized spacial score (nSPS) is 12.2. The highest BCUT2D eigenvalue weighted by Crippen LogP contribution is 2.29. The Kier molecular flexibility index (Phi) is 4.57. The van der Waals surface area contributed by atoms with Crippen molar-refractivity contribution in [3.05, 3.63) is 64.2 Å². The summed E-state index contributed by atoms with van der Waals surface area (Å²) in [7, 11) is 1.46. The molecule has 0 aliphatic rings. The third-order valence-corrected chi connectivity index (χ3v) is 3.33. The lowest BCUT2D eigenvalue weighted by Gasteiger charge is -2.16. The molecule has 1 atom stereocenters. The van der Waals surface area contributed by atoms with Gasteiger partial charge in [-0.05, 0) is 36.2 Å². The monoisotopic (exact) mass is 297 g/mol. The Labute approximate surface area is 121 Å². The average Bonchev–Trinajstić information content (AvgIpc) is 2.42. The van der Waals surface area contributed by atoms with Crippen LogP contribution in [0.2, 0.25) is 5.02 Å². The van der Waals surface area contributed by atoms with Crippen LogP contribution < -0.4 is 10.5 Å². The molecule has 0 spiro atoms. The summed E-state index contributed by atoms with van der Waals surface area (Å²) in [5.74, 6) is -0.525. The van der Waals surface area contributed by atoms with Gasteiger partial charge < -0.3 is 10.5 Å². The lowest BCUT2D eigenvalue weighted by atomic mass is 9.98. The lowest BCUT2D eigenvalue weighted by Crippen LogP contribution is -2.16. The Hall–Kier alpha value is -1.65. The molecule has 0 heterocycles. The highest BCUT2D eigenvalue weighted by Gasteiger charge is 2.17. The van der Waals surface area contributed by atoms with Gasteiger partial charge in [-0.2, -0.15) is 0 Å². The van der Waals surface area contributed by atoms with Crippen molar-refractivity contribution in [2.75, 3.05) is 7.11 Å². The summed E-state index contributed by atoms with van der Waals surface area (Å²) < 4.78 is 32.1. The number of hydrogen-bond acceptors (Lipinski definition) is 2. The first-order valence-corrected chi connectivity index (χ1v) is 6.42. The Bertz CT molecular complexity index is 619. The van der Waals surface area contributed by atoms with Crippen LogP contribution in [-0.4, -0.2) is 7.11 Å². The van der Waals surface area contributed by atoms with E-state index in [1.165, 1.54) is 25.3 Å². The molecule has 0 aliphatic heterocycles. The van der Waals surface area contributed by atoms with Gasteiger partial charge in [0.1, 0.15) is 17.4 Å². The fourth-order valence-corrected chi connectivity index (χ4v) is 2.28. The first kappa shape index (κ1) is 14.8. The Morgan fingerprint density at radius 3 is 2.60 bits per heavy atom. The number of methoxy groups -OCH3 is 1. The van der Waals surface area contributed by atoms with E-state index >= 15 is 0 Å². The van der Waals surface area contributed by atoms with Crippen molar-refractivity contribution in [1.29, 1.82) is 0 Å². The van der Waals surface area contributed by atoms with Crippen LogP contribution in [0.15, 0.2) is 36.4 Å². The second kappa shape index (κ2) is 6.20. The Morgan fingerprint density at radius 1 is 1.20 bits per heavy atom. The van der Waals surface area contributed by atoms with Crippen LogP contribution >= 0.6 is 11.6 Å². The van der Waals surface area contributed by atoms with Gasteiger partial charge in [0.25, 0.3) is 0 Å². The van der Waals surface area contributed by atoms with Gasteiger partial charge in [-0.1, -0.05) is 23.7 Å². The van der Waals surface area contributed by atoms with E-state index in [9.17, 15) is 8.78 Å².